The largest absolute Gasteiger partial charge is 0.350 e. The Morgan fingerprint density at radius 2 is 1.70 bits per heavy atom. The highest BCUT2D eigenvalue weighted by Gasteiger charge is 2.08. The number of nitrogens with zero attached hydrogens (tertiary/aromatic N) is 1. The van der Waals surface area contributed by atoms with Crippen LogP contribution in [0.15, 0.2) is 18.3 Å². The van der Waals surface area contributed by atoms with Crippen molar-refractivity contribution in [2.75, 3.05) is 6.54 Å². The number of rotatable bonds is 12. The van der Waals surface area contributed by atoms with Gasteiger partial charge < -0.3 is 9.88 Å². The fourth-order valence-corrected chi connectivity index (χ4v) is 2.73. The van der Waals surface area contributed by atoms with Gasteiger partial charge in [0.25, 0.3) is 0 Å². The van der Waals surface area contributed by atoms with Crippen LogP contribution in [-0.2, 0) is 6.54 Å². The minimum absolute atomic E-state index is 0.467. The lowest BCUT2D eigenvalue weighted by Gasteiger charge is -2.17. The van der Waals surface area contributed by atoms with Gasteiger partial charge in [-0.1, -0.05) is 52.4 Å². The summed E-state index contributed by atoms with van der Waals surface area (Å²) >= 11 is 0. The second-order valence-corrected chi connectivity index (χ2v) is 5.92. The Balaban J connectivity index is 2.22. The summed E-state index contributed by atoms with van der Waals surface area (Å²) in [5.74, 6) is 0. The van der Waals surface area contributed by atoms with Crippen molar-refractivity contribution in [2.45, 2.75) is 84.7 Å². The van der Waals surface area contributed by atoms with Crippen LogP contribution in [0.2, 0.25) is 0 Å². The lowest BCUT2D eigenvalue weighted by atomic mass is 10.1. The van der Waals surface area contributed by atoms with Crippen LogP contribution >= 0.6 is 0 Å². The second-order valence-electron chi connectivity index (χ2n) is 5.92. The number of nitrogens with one attached hydrogen (secondary N) is 1. The molecule has 0 saturated heterocycles. The van der Waals surface area contributed by atoms with E-state index < -0.39 is 0 Å². The molecular formula is C18H34N2. The average molecular weight is 278 g/mol. The summed E-state index contributed by atoms with van der Waals surface area (Å²) in [6.07, 6.45) is 13.1. The van der Waals surface area contributed by atoms with Gasteiger partial charge in [0.1, 0.15) is 0 Å². The lowest BCUT2D eigenvalue weighted by Crippen LogP contribution is -2.21. The van der Waals surface area contributed by atoms with E-state index in [0.717, 1.165) is 6.54 Å². The molecule has 0 spiro atoms. The van der Waals surface area contributed by atoms with Crippen LogP contribution in [0, 0.1) is 0 Å². The van der Waals surface area contributed by atoms with Crippen LogP contribution in [0.1, 0.15) is 83.9 Å². The van der Waals surface area contributed by atoms with Crippen molar-refractivity contribution in [3.05, 3.63) is 24.0 Å². The highest BCUT2D eigenvalue weighted by atomic mass is 15.0. The molecule has 0 aromatic carbocycles. The van der Waals surface area contributed by atoms with E-state index in [2.05, 4.69) is 49.0 Å². The molecule has 1 aromatic heterocycles. The summed E-state index contributed by atoms with van der Waals surface area (Å²) in [7, 11) is 0. The molecule has 1 rings (SSSR count). The molecule has 0 bridgehead atoms. The van der Waals surface area contributed by atoms with E-state index in [1.165, 1.54) is 63.6 Å². The zero-order valence-electron chi connectivity index (χ0n) is 13.8. The molecule has 0 aliphatic heterocycles. The molecule has 0 amide bonds. The second kappa shape index (κ2) is 11.0. The van der Waals surface area contributed by atoms with E-state index in [0.29, 0.717) is 6.04 Å². The van der Waals surface area contributed by atoms with Crippen molar-refractivity contribution in [3.8, 4) is 0 Å². The maximum atomic E-state index is 3.58. The molecule has 0 aliphatic rings. The van der Waals surface area contributed by atoms with E-state index in [4.69, 9.17) is 0 Å². The first-order chi connectivity index (χ1) is 9.79. The molecule has 0 fully saturated rings. The fourth-order valence-electron chi connectivity index (χ4n) is 2.73. The Morgan fingerprint density at radius 1 is 1.00 bits per heavy atom. The number of aromatic nitrogens is 1. The van der Waals surface area contributed by atoms with Crippen molar-refractivity contribution in [2.24, 2.45) is 0 Å². The third-order valence-electron chi connectivity index (χ3n) is 4.01. The van der Waals surface area contributed by atoms with Gasteiger partial charge in [-0.2, -0.15) is 0 Å². The van der Waals surface area contributed by atoms with Crippen molar-refractivity contribution in [1.82, 2.24) is 9.88 Å². The molecule has 0 saturated carbocycles. The lowest BCUT2D eigenvalue weighted by molar-refractivity contribution is 0.500. The Morgan fingerprint density at radius 3 is 2.40 bits per heavy atom. The summed E-state index contributed by atoms with van der Waals surface area (Å²) in [5, 5.41) is 3.58. The topological polar surface area (TPSA) is 17.0 Å². The third kappa shape index (κ3) is 6.60. The highest BCUT2D eigenvalue weighted by Crippen LogP contribution is 2.15. The Kier molecular flexibility index (Phi) is 9.48. The molecule has 1 unspecified atom stereocenters. The van der Waals surface area contributed by atoms with Gasteiger partial charge in [-0.15, -0.1) is 0 Å². The van der Waals surface area contributed by atoms with Gasteiger partial charge in [-0.25, -0.2) is 0 Å². The van der Waals surface area contributed by atoms with Crippen molar-refractivity contribution in [3.63, 3.8) is 0 Å². The number of hydrogen-bond acceptors (Lipinski definition) is 1. The van der Waals surface area contributed by atoms with E-state index >= 15 is 0 Å². The van der Waals surface area contributed by atoms with Gasteiger partial charge in [0.15, 0.2) is 0 Å². The third-order valence-corrected chi connectivity index (χ3v) is 4.01. The van der Waals surface area contributed by atoms with Gasteiger partial charge >= 0.3 is 0 Å². The Bertz CT molecular complexity index is 330. The summed E-state index contributed by atoms with van der Waals surface area (Å²) in [6, 6.07) is 4.91. The first-order valence-corrected chi connectivity index (χ1v) is 8.68. The molecule has 2 heteroatoms. The van der Waals surface area contributed by atoms with Gasteiger partial charge in [0.05, 0.1) is 0 Å². The summed E-state index contributed by atoms with van der Waals surface area (Å²) < 4.78 is 2.43. The first-order valence-electron chi connectivity index (χ1n) is 8.68. The summed E-state index contributed by atoms with van der Waals surface area (Å²) in [4.78, 5) is 0. The van der Waals surface area contributed by atoms with Crippen LogP contribution in [-0.4, -0.2) is 11.1 Å². The molecule has 116 valence electrons. The first kappa shape index (κ1) is 17.3. The number of hydrogen-bond donors (Lipinski definition) is 1. The minimum atomic E-state index is 0.467. The van der Waals surface area contributed by atoms with Gasteiger partial charge in [0, 0.05) is 24.5 Å². The molecule has 1 atom stereocenters. The molecule has 2 nitrogen and oxygen atoms in total. The van der Waals surface area contributed by atoms with Crippen LogP contribution in [0.25, 0.3) is 0 Å². The van der Waals surface area contributed by atoms with Crippen molar-refractivity contribution < 1.29 is 0 Å². The average Bonchev–Trinajstić information content (AvgIpc) is 2.92. The molecular weight excluding hydrogens is 244 g/mol. The summed E-state index contributed by atoms with van der Waals surface area (Å²) in [6.45, 7) is 9.04. The molecule has 0 radical (unpaired) electrons. The van der Waals surface area contributed by atoms with Crippen molar-refractivity contribution >= 4 is 0 Å². The number of unbranched alkanes of at least 4 members (excludes halogenated alkanes) is 6. The quantitative estimate of drug-likeness (QED) is 0.513. The smallest absolute Gasteiger partial charge is 0.0446 e. The molecule has 20 heavy (non-hydrogen) atoms. The predicted molar refractivity (Wildman–Crippen MR) is 89.1 cm³/mol. The normalized spacial score (nSPS) is 12.8. The summed E-state index contributed by atoms with van der Waals surface area (Å²) in [5.41, 5.74) is 1.43. The van der Waals surface area contributed by atoms with Crippen molar-refractivity contribution in [1.29, 1.82) is 0 Å². The monoisotopic (exact) mass is 278 g/mol. The SMILES string of the molecule is CCCCCCCCCn1cccc1C(C)NCCC. The van der Waals surface area contributed by atoms with E-state index in [-0.39, 0.29) is 0 Å². The van der Waals surface area contributed by atoms with Crippen LogP contribution in [0.3, 0.4) is 0 Å². The zero-order chi connectivity index (χ0) is 14.6. The van der Waals surface area contributed by atoms with Gasteiger partial charge in [-0.3, -0.25) is 0 Å². The Hall–Kier alpha value is -0.760. The van der Waals surface area contributed by atoms with E-state index in [1.54, 1.807) is 0 Å². The van der Waals surface area contributed by atoms with Gasteiger partial charge in [0.2, 0.25) is 0 Å². The molecule has 1 N–H and O–H groups in total. The van der Waals surface area contributed by atoms with Crippen LogP contribution in [0.4, 0.5) is 0 Å². The van der Waals surface area contributed by atoms with E-state index in [9.17, 15) is 0 Å². The zero-order valence-corrected chi connectivity index (χ0v) is 13.8. The maximum absolute atomic E-state index is 3.58. The minimum Gasteiger partial charge on any atom is -0.350 e. The van der Waals surface area contributed by atoms with Crippen LogP contribution < -0.4 is 5.32 Å². The molecule has 1 aromatic rings. The molecule has 0 aliphatic carbocycles. The van der Waals surface area contributed by atoms with Crippen LogP contribution in [0.5, 0.6) is 0 Å². The van der Waals surface area contributed by atoms with Gasteiger partial charge in [-0.05, 0) is 38.4 Å². The molecule has 1 heterocycles. The number of aryl methyl sites for hydroxylation is 1. The standard InChI is InChI=1S/C18H34N2/c1-4-6-7-8-9-10-11-15-20-16-12-13-18(20)17(3)19-14-5-2/h12-13,16-17,19H,4-11,14-15H2,1-3H3. The Labute approximate surface area is 126 Å². The van der Waals surface area contributed by atoms with E-state index in [1.807, 2.05) is 0 Å². The maximum Gasteiger partial charge on any atom is 0.0446 e. The highest BCUT2D eigenvalue weighted by molar-refractivity contribution is 5.11. The fraction of sp³-hybridized carbons (Fsp3) is 0.778. The predicted octanol–water partition coefficient (Wildman–Crippen LogP) is 5.30.